The topological polar surface area (TPSA) is 66.9 Å². The van der Waals surface area contributed by atoms with Crippen molar-refractivity contribution in [1.82, 2.24) is 9.97 Å². The smallest absolute Gasteiger partial charge is 0.257 e. The van der Waals surface area contributed by atoms with Crippen LogP contribution in [0.25, 0.3) is 0 Å². The molecule has 0 fully saturated rings. The van der Waals surface area contributed by atoms with E-state index < -0.39 is 0 Å². The maximum Gasteiger partial charge on any atom is 0.257 e. The van der Waals surface area contributed by atoms with E-state index in [1.165, 1.54) is 6.20 Å². The summed E-state index contributed by atoms with van der Waals surface area (Å²) in [6.45, 7) is 0. The predicted molar refractivity (Wildman–Crippen MR) is 71.0 cm³/mol. The minimum Gasteiger partial charge on any atom is -0.373 e. The van der Waals surface area contributed by atoms with E-state index in [1.54, 1.807) is 37.5 Å². The van der Waals surface area contributed by atoms with Crippen molar-refractivity contribution >= 4 is 29.1 Å². The van der Waals surface area contributed by atoms with Gasteiger partial charge in [-0.25, -0.2) is 9.97 Å². The van der Waals surface area contributed by atoms with Gasteiger partial charge >= 0.3 is 0 Å². The Labute approximate surface area is 109 Å². The van der Waals surface area contributed by atoms with Crippen LogP contribution in [-0.4, -0.2) is 22.9 Å². The maximum absolute atomic E-state index is 11.9. The van der Waals surface area contributed by atoms with Crippen LogP contribution in [0.4, 0.5) is 11.6 Å². The Morgan fingerprint density at radius 1 is 1.22 bits per heavy atom. The third-order valence-electron chi connectivity index (χ3n) is 2.25. The van der Waals surface area contributed by atoms with Crippen LogP contribution >= 0.6 is 11.6 Å². The molecule has 0 aromatic carbocycles. The minimum atomic E-state index is -0.247. The number of carbonyl (C=O) groups is 1. The van der Waals surface area contributed by atoms with Gasteiger partial charge in [0.05, 0.1) is 5.02 Å². The molecule has 0 bridgehead atoms. The van der Waals surface area contributed by atoms with E-state index >= 15 is 0 Å². The first-order chi connectivity index (χ1) is 8.69. The van der Waals surface area contributed by atoms with Gasteiger partial charge in [0.25, 0.3) is 5.91 Å². The number of carbonyl (C=O) groups excluding carboxylic acids is 1. The van der Waals surface area contributed by atoms with Gasteiger partial charge in [0.15, 0.2) is 0 Å². The summed E-state index contributed by atoms with van der Waals surface area (Å²) in [5, 5.41) is 6.06. The zero-order chi connectivity index (χ0) is 13.0. The summed E-state index contributed by atoms with van der Waals surface area (Å²) in [6.07, 6.45) is 3.04. The van der Waals surface area contributed by atoms with Crippen LogP contribution in [0.3, 0.4) is 0 Å². The van der Waals surface area contributed by atoms with Gasteiger partial charge in [0, 0.05) is 25.0 Å². The highest BCUT2D eigenvalue weighted by atomic mass is 35.5. The summed E-state index contributed by atoms with van der Waals surface area (Å²) in [6, 6.07) is 6.59. The highest BCUT2D eigenvalue weighted by molar-refractivity contribution is 6.30. The van der Waals surface area contributed by atoms with E-state index in [0.29, 0.717) is 22.2 Å². The standard InChI is InChI=1S/C12H11ClN4O/c1-14-11-6-8(4-5-15-11)12(18)17-10-3-2-9(13)7-16-10/h2-7H,1H3,(H,14,15)(H,16,17,18). The van der Waals surface area contributed by atoms with Crippen LogP contribution in [0.5, 0.6) is 0 Å². The molecule has 2 aromatic heterocycles. The Morgan fingerprint density at radius 3 is 2.72 bits per heavy atom. The second-order valence-corrected chi connectivity index (χ2v) is 3.93. The lowest BCUT2D eigenvalue weighted by Crippen LogP contribution is -2.13. The number of nitrogens with zero attached hydrogens (tertiary/aromatic N) is 2. The Balaban J connectivity index is 2.14. The fourth-order valence-corrected chi connectivity index (χ4v) is 1.46. The van der Waals surface area contributed by atoms with Crippen molar-refractivity contribution in [3.8, 4) is 0 Å². The van der Waals surface area contributed by atoms with Crippen LogP contribution in [0, 0.1) is 0 Å². The fraction of sp³-hybridized carbons (Fsp3) is 0.0833. The zero-order valence-corrected chi connectivity index (χ0v) is 10.4. The molecular weight excluding hydrogens is 252 g/mol. The van der Waals surface area contributed by atoms with E-state index in [4.69, 9.17) is 11.6 Å². The molecular formula is C12H11ClN4O. The zero-order valence-electron chi connectivity index (χ0n) is 9.64. The number of hydrogen-bond donors (Lipinski definition) is 2. The molecule has 92 valence electrons. The molecule has 18 heavy (non-hydrogen) atoms. The highest BCUT2D eigenvalue weighted by Crippen LogP contribution is 2.12. The Kier molecular flexibility index (Phi) is 3.74. The molecule has 2 heterocycles. The molecule has 0 saturated heterocycles. The molecule has 6 heteroatoms. The molecule has 0 radical (unpaired) electrons. The van der Waals surface area contributed by atoms with Gasteiger partial charge in [0.2, 0.25) is 0 Å². The maximum atomic E-state index is 11.9. The predicted octanol–water partition coefficient (Wildman–Crippen LogP) is 2.42. The minimum absolute atomic E-state index is 0.247. The van der Waals surface area contributed by atoms with Crippen molar-refractivity contribution in [2.45, 2.75) is 0 Å². The molecule has 0 unspecified atom stereocenters. The van der Waals surface area contributed by atoms with Crippen molar-refractivity contribution in [3.05, 3.63) is 47.2 Å². The number of hydrogen-bond acceptors (Lipinski definition) is 4. The summed E-state index contributed by atoms with van der Waals surface area (Å²) < 4.78 is 0. The highest BCUT2D eigenvalue weighted by Gasteiger charge is 2.07. The Morgan fingerprint density at radius 2 is 2.06 bits per heavy atom. The lowest BCUT2D eigenvalue weighted by molar-refractivity contribution is 0.102. The summed E-state index contributed by atoms with van der Waals surface area (Å²) >= 11 is 5.71. The average molecular weight is 263 g/mol. The van der Waals surface area contributed by atoms with Gasteiger partial charge in [-0.1, -0.05) is 11.6 Å². The Bertz CT molecular complexity index is 556. The molecule has 0 saturated carbocycles. The van der Waals surface area contributed by atoms with Gasteiger partial charge in [-0.2, -0.15) is 0 Å². The third-order valence-corrected chi connectivity index (χ3v) is 2.47. The van der Waals surface area contributed by atoms with Crippen LogP contribution in [-0.2, 0) is 0 Å². The van der Waals surface area contributed by atoms with Crippen molar-refractivity contribution in [2.24, 2.45) is 0 Å². The SMILES string of the molecule is CNc1cc(C(=O)Nc2ccc(Cl)cn2)ccn1. The van der Waals surface area contributed by atoms with E-state index in [-0.39, 0.29) is 5.91 Å². The third kappa shape index (κ3) is 2.95. The van der Waals surface area contributed by atoms with Crippen molar-refractivity contribution < 1.29 is 4.79 Å². The van der Waals surface area contributed by atoms with E-state index in [1.807, 2.05) is 0 Å². The number of nitrogens with one attached hydrogen (secondary N) is 2. The van der Waals surface area contributed by atoms with Crippen molar-refractivity contribution in [1.29, 1.82) is 0 Å². The molecule has 1 amide bonds. The monoisotopic (exact) mass is 262 g/mol. The van der Waals surface area contributed by atoms with Crippen LogP contribution in [0.1, 0.15) is 10.4 Å². The molecule has 5 nitrogen and oxygen atoms in total. The van der Waals surface area contributed by atoms with Crippen LogP contribution < -0.4 is 10.6 Å². The Hall–Kier alpha value is -2.14. The molecule has 2 aromatic rings. The molecule has 0 spiro atoms. The van der Waals surface area contributed by atoms with Crippen LogP contribution in [0.15, 0.2) is 36.7 Å². The lowest BCUT2D eigenvalue weighted by atomic mass is 10.2. The van der Waals surface area contributed by atoms with E-state index in [0.717, 1.165) is 0 Å². The van der Waals surface area contributed by atoms with E-state index in [2.05, 4.69) is 20.6 Å². The molecule has 2 rings (SSSR count). The number of pyridine rings is 2. The molecule has 0 aliphatic rings. The summed E-state index contributed by atoms with van der Waals surface area (Å²) in [5.41, 5.74) is 0.506. The normalized spacial score (nSPS) is 9.89. The molecule has 0 atom stereocenters. The first-order valence-corrected chi connectivity index (χ1v) is 5.63. The fourth-order valence-electron chi connectivity index (χ4n) is 1.35. The van der Waals surface area contributed by atoms with Gasteiger partial charge in [-0.15, -0.1) is 0 Å². The number of amides is 1. The second-order valence-electron chi connectivity index (χ2n) is 3.50. The lowest BCUT2D eigenvalue weighted by Gasteiger charge is -2.05. The van der Waals surface area contributed by atoms with Crippen molar-refractivity contribution in [2.75, 3.05) is 17.7 Å². The molecule has 0 aliphatic carbocycles. The summed E-state index contributed by atoms with van der Waals surface area (Å²) in [5.74, 6) is 0.836. The second kappa shape index (κ2) is 5.46. The average Bonchev–Trinajstić information content (AvgIpc) is 2.41. The van der Waals surface area contributed by atoms with Gasteiger partial charge in [-0.3, -0.25) is 4.79 Å². The summed E-state index contributed by atoms with van der Waals surface area (Å²) in [4.78, 5) is 20.0. The molecule has 0 aliphatic heterocycles. The summed E-state index contributed by atoms with van der Waals surface area (Å²) in [7, 11) is 1.74. The van der Waals surface area contributed by atoms with Gasteiger partial charge in [0.1, 0.15) is 11.6 Å². The van der Waals surface area contributed by atoms with Crippen LogP contribution in [0.2, 0.25) is 5.02 Å². The van der Waals surface area contributed by atoms with Gasteiger partial charge in [-0.05, 0) is 24.3 Å². The first-order valence-electron chi connectivity index (χ1n) is 5.26. The number of aromatic nitrogens is 2. The number of anilines is 2. The first kappa shape index (κ1) is 12.3. The largest absolute Gasteiger partial charge is 0.373 e. The van der Waals surface area contributed by atoms with Gasteiger partial charge < -0.3 is 10.6 Å². The number of rotatable bonds is 3. The quantitative estimate of drug-likeness (QED) is 0.892. The number of halogens is 1. The van der Waals surface area contributed by atoms with Crippen molar-refractivity contribution in [3.63, 3.8) is 0 Å². The molecule has 2 N–H and O–H groups in total. The van der Waals surface area contributed by atoms with E-state index in [9.17, 15) is 4.79 Å².